The van der Waals surface area contributed by atoms with Crippen molar-refractivity contribution in [2.45, 2.75) is 13.0 Å². The number of nitrogens with one attached hydrogen (secondary N) is 1. The highest BCUT2D eigenvalue weighted by Crippen LogP contribution is 2.17. The maximum absolute atomic E-state index is 13.0. The van der Waals surface area contributed by atoms with E-state index in [-0.39, 0.29) is 24.1 Å². The first-order valence-electron chi connectivity index (χ1n) is 8.56. The number of carbonyl (C=O) groups excluding carboxylic acids is 2. The Balaban J connectivity index is 1.43. The van der Waals surface area contributed by atoms with Crippen molar-refractivity contribution in [2.75, 3.05) is 31.1 Å². The molecule has 0 unspecified atom stereocenters. The van der Waals surface area contributed by atoms with Crippen LogP contribution in [0.5, 0.6) is 0 Å². The minimum atomic E-state index is -0.284. The first kappa shape index (κ1) is 17.8. The van der Waals surface area contributed by atoms with Gasteiger partial charge >= 0.3 is 0 Å². The summed E-state index contributed by atoms with van der Waals surface area (Å²) in [5.74, 6) is -0.718. The number of hydrogen-bond acceptors (Lipinski definition) is 4. The third kappa shape index (κ3) is 4.78. The molecule has 0 bridgehead atoms. The molecule has 1 aliphatic heterocycles. The highest BCUT2D eigenvalue weighted by atomic mass is 19.1. The zero-order valence-electron chi connectivity index (χ0n) is 14.4. The molecule has 1 aromatic heterocycles. The number of anilines is 1. The fourth-order valence-corrected chi connectivity index (χ4v) is 2.88. The topological polar surface area (TPSA) is 65.5 Å². The van der Waals surface area contributed by atoms with Crippen LogP contribution in [0.4, 0.5) is 10.1 Å². The minimum absolute atomic E-state index is 0.151. The number of nitrogens with zero attached hydrogens (tertiary/aromatic N) is 3. The van der Waals surface area contributed by atoms with Crippen molar-refractivity contribution in [3.8, 4) is 0 Å². The molecule has 0 spiro atoms. The van der Waals surface area contributed by atoms with Crippen LogP contribution >= 0.6 is 0 Å². The van der Waals surface area contributed by atoms with Gasteiger partial charge in [0.2, 0.25) is 11.8 Å². The molecule has 2 aromatic rings. The number of amides is 2. The third-order valence-corrected chi connectivity index (χ3v) is 4.37. The monoisotopic (exact) mass is 356 g/mol. The van der Waals surface area contributed by atoms with Gasteiger partial charge in [-0.1, -0.05) is 0 Å². The SMILES string of the molecule is O=C(CC(=O)N1CCN(c2ccc(F)cc2)CC1)NCc1ccncc1. The van der Waals surface area contributed by atoms with E-state index in [2.05, 4.69) is 15.2 Å². The van der Waals surface area contributed by atoms with E-state index < -0.39 is 0 Å². The number of hydrogen-bond donors (Lipinski definition) is 1. The summed E-state index contributed by atoms with van der Waals surface area (Å²) in [6.45, 7) is 2.81. The second-order valence-corrected chi connectivity index (χ2v) is 6.15. The molecule has 0 saturated carbocycles. The van der Waals surface area contributed by atoms with E-state index >= 15 is 0 Å². The average Bonchev–Trinajstić information content (AvgIpc) is 2.68. The van der Waals surface area contributed by atoms with Gasteiger partial charge in [-0.2, -0.15) is 0 Å². The summed E-state index contributed by atoms with van der Waals surface area (Å²) in [7, 11) is 0. The summed E-state index contributed by atoms with van der Waals surface area (Å²) >= 11 is 0. The lowest BCUT2D eigenvalue weighted by Crippen LogP contribution is -2.49. The third-order valence-electron chi connectivity index (χ3n) is 4.37. The van der Waals surface area contributed by atoms with Crippen LogP contribution in [-0.2, 0) is 16.1 Å². The molecule has 1 fully saturated rings. The molecule has 26 heavy (non-hydrogen) atoms. The number of halogens is 1. The molecule has 1 aromatic carbocycles. The molecule has 7 heteroatoms. The standard InChI is InChI=1S/C19H21FN4O2/c20-16-1-3-17(4-2-16)23-9-11-24(12-10-23)19(26)13-18(25)22-14-15-5-7-21-8-6-15/h1-8H,9-14H2,(H,22,25). The van der Waals surface area contributed by atoms with Crippen LogP contribution in [0, 0.1) is 5.82 Å². The molecular weight excluding hydrogens is 335 g/mol. The molecule has 136 valence electrons. The molecule has 6 nitrogen and oxygen atoms in total. The van der Waals surface area contributed by atoms with Gasteiger partial charge in [0.25, 0.3) is 0 Å². The van der Waals surface area contributed by atoms with Crippen LogP contribution in [0.15, 0.2) is 48.8 Å². The van der Waals surface area contributed by atoms with Crippen molar-refractivity contribution in [2.24, 2.45) is 0 Å². The molecule has 2 amide bonds. The molecule has 3 rings (SSSR count). The lowest BCUT2D eigenvalue weighted by atomic mass is 10.2. The highest BCUT2D eigenvalue weighted by molar-refractivity contribution is 5.96. The second-order valence-electron chi connectivity index (χ2n) is 6.15. The summed E-state index contributed by atoms with van der Waals surface area (Å²) in [5.41, 5.74) is 1.88. The lowest BCUT2D eigenvalue weighted by Gasteiger charge is -2.36. The quantitative estimate of drug-likeness (QED) is 0.826. The van der Waals surface area contributed by atoms with E-state index in [4.69, 9.17) is 0 Å². The molecule has 2 heterocycles. The molecule has 0 radical (unpaired) electrons. The van der Waals surface area contributed by atoms with E-state index in [9.17, 15) is 14.0 Å². The van der Waals surface area contributed by atoms with Crippen LogP contribution in [0.25, 0.3) is 0 Å². The van der Waals surface area contributed by atoms with Gasteiger partial charge in [-0.3, -0.25) is 14.6 Å². The Morgan fingerprint density at radius 3 is 2.31 bits per heavy atom. The fraction of sp³-hybridized carbons (Fsp3) is 0.316. The summed E-state index contributed by atoms with van der Waals surface area (Å²) < 4.78 is 13.0. The molecule has 0 atom stereocenters. The van der Waals surface area contributed by atoms with Crippen LogP contribution in [0.3, 0.4) is 0 Å². The first-order valence-corrected chi connectivity index (χ1v) is 8.56. The van der Waals surface area contributed by atoms with E-state index in [0.29, 0.717) is 32.7 Å². The summed E-state index contributed by atoms with van der Waals surface area (Å²) in [4.78, 5) is 32.0. The number of carbonyl (C=O) groups is 2. The maximum atomic E-state index is 13.0. The minimum Gasteiger partial charge on any atom is -0.368 e. The van der Waals surface area contributed by atoms with Gasteiger partial charge in [-0.15, -0.1) is 0 Å². The number of pyridine rings is 1. The fourth-order valence-electron chi connectivity index (χ4n) is 2.88. The van der Waals surface area contributed by atoms with Crippen molar-refractivity contribution in [1.82, 2.24) is 15.2 Å². The summed E-state index contributed by atoms with van der Waals surface area (Å²) in [6, 6.07) is 9.96. The van der Waals surface area contributed by atoms with Gasteiger partial charge in [-0.25, -0.2) is 4.39 Å². The van der Waals surface area contributed by atoms with E-state index in [1.165, 1.54) is 12.1 Å². The van der Waals surface area contributed by atoms with Gasteiger partial charge in [0, 0.05) is 50.8 Å². The van der Waals surface area contributed by atoms with E-state index in [0.717, 1.165) is 11.3 Å². The van der Waals surface area contributed by atoms with E-state index in [1.54, 1.807) is 29.4 Å². The van der Waals surface area contributed by atoms with Crippen molar-refractivity contribution < 1.29 is 14.0 Å². The molecule has 1 saturated heterocycles. The van der Waals surface area contributed by atoms with Crippen LogP contribution in [0.2, 0.25) is 0 Å². The van der Waals surface area contributed by atoms with Crippen molar-refractivity contribution in [3.05, 3.63) is 60.2 Å². The van der Waals surface area contributed by atoms with Gasteiger partial charge in [0.1, 0.15) is 12.2 Å². The van der Waals surface area contributed by atoms with Gasteiger partial charge in [0.15, 0.2) is 0 Å². The number of piperazine rings is 1. The summed E-state index contributed by atoms with van der Waals surface area (Å²) in [5, 5.41) is 2.75. The van der Waals surface area contributed by atoms with E-state index in [1.807, 2.05) is 12.1 Å². The summed E-state index contributed by atoms with van der Waals surface area (Å²) in [6.07, 6.45) is 3.17. The second kappa shape index (κ2) is 8.42. The lowest BCUT2D eigenvalue weighted by molar-refractivity contribution is -0.136. The molecule has 0 aliphatic carbocycles. The highest BCUT2D eigenvalue weighted by Gasteiger charge is 2.22. The number of benzene rings is 1. The Kier molecular flexibility index (Phi) is 5.78. The Labute approximate surface area is 151 Å². The predicted molar refractivity (Wildman–Crippen MR) is 95.9 cm³/mol. The molecule has 1 aliphatic rings. The largest absolute Gasteiger partial charge is 0.368 e. The normalized spacial score (nSPS) is 14.2. The number of rotatable bonds is 5. The molecular formula is C19H21FN4O2. The van der Waals surface area contributed by atoms with Crippen LogP contribution < -0.4 is 10.2 Å². The van der Waals surface area contributed by atoms with Gasteiger partial charge in [0.05, 0.1) is 0 Å². The predicted octanol–water partition coefficient (Wildman–Crippen LogP) is 1.58. The van der Waals surface area contributed by atoms with Crippen LogP contribution in [0.1, 0.15) is 12.0 Å². The van der Waals surface area contributed by atoms with Crippen LogP contribution in [-0.4, -0.2) is 47.9 Å². The zero-order chi connectivity index (χ0) is 18.4. The van der Waals surface area contributed by atoms with Gasteiger partial charge < -0.3 is 15.1 Å². The average molecular weight is 356 g/mol. The first-order chi connectivity index (χ1) is 12.6. The zero-order valence-corrected chi connectivity index (χ0v) is 14.4. The Morgan fingerprint density at radius 1 is 1.00 bits per heavy atom. The van der Waals surface area contributed by atoms with Crippen molar-refractivity contribution in [1.29, 1.82) is 0 Å². The van der Waals surface area contributed by atoms with Crippen molar-refractivity contribution >= 4 is 17.5 Å². The smallest absolute Gasteiger partial charge is 0.232 e. The Hall–Kier alpha value is -2.96. The number of aromatic nitrogens is 1. The van der Waals surface area contributed by atoms with Gasteiger partial charge in [-0.05, 0) is 42.0 Å². The Morgan fingerprint density at radius 2 is 1.65 bits per heavy atom. The maximum Gasteiger partial charge on any atom is 0.232 e. The van der Waals surface area contributed by atoms with Crippen molar-refractivity contribution in [3.63, 3.8) is 0 Å². The Bertz CT molecular complexity index is 744. The molecule has 1 N–H and O–H groups in total.